The summed E-state index contributed by atoms with van der Waals surface area (Å²) in [5.74, 6) is -1.32. The Hall–Kier alpha value is -1.67. The molecule has 8 heteroatoms. The normalized spacial score (nSPS) is 12.1. The summed E-state index contributed by atoms with van der Waals surface area (Å²) in [5.41, 5.74) is 5.20. The van der Waals surface area contributed by atoms with Gasteiger partial charge in [0.05, 0.1) is 0 Å². The van der Waals surface area contributed by atoms with E-state index in [4.69, 9.17) is 10.8 Å². The maximum absolute atomic E-state index is 10.8. The fraction of sp³-hybridized carbons (Fsp3) is 0.286. The van der Waals surface area contributed by atoms with E-state index in [0.29, 0.717) is 5.01 Å². The number of carbonyl (C=O) groups is 1. The van der Waals surface area contributed by atoms with Gasteiger partial charge >= 0.3 is 5.97 Å². The highest BCUT2D eigenvalue weighted by Gasteiger charge is 2.34. The van der Waals surface area contributed by atoms with Gasteiger partial charge in [-0.3, -0.25) is 0 Å². The number of anilines is 1. The van der Waals surface area contributed by atoms with E-state index in [0.717, 1.165) is 11.3 Å². The first kappa shape index (κ1) is 11.4. The molecule has 0 saturated heterocycles. The van der Waals surface area contributed by atoms with Crippen molar-refractivity contribution in [3.8, 4) is 0 Å². The lowest BCUT2D eigenvalue weighted by molar-refractivity contribution is -0.497. The number of carboxylic acid groups (broad SMARTS) is 1. The molecule has 1 aromatic heterocycles. The summed E-state index contributed by atoms with van der Waals surface area (Å²) in [7, 11) is 0. The molecule has 1 rings (SSSR count). The first-order valence-electron chi connectivity index (χ1n) is 3.98. The van der Waals surface area contributed by atoms with Gasteiger partial charge in [-0.1, -0.05) is 5.01 Å². The van der Waals surface area contributed by atoms with Gasteiger partial charge < -0.3 is 10.8 Å². The summed E-state index contributed by atoms with van der Waals surface area (Å²) >= 11 is 1.09. The Morgan fingerprint density at radius 3 is 2.80 bits per heavy atom. The quantitative estimate of drug-likeness (QED) is 0.551. The number of nitrogens with zero attached hydrogens (tertiary/aromatic N) is 2. The average molecular weight is 231 g/mol. The first-order valence-corrected chi connectivity index (χ1v) is 4.85. The molecular formula is C7H9N3O4S. The molecule has 0 bridgehead atoms. The zero-order valence-electron chi connectivity index (χ0n) is 7.57. The van der Waals surface area contributed by atoms with Crippen LogP contribution < -0.4 is 10.7 Å². The molecule has 0 saturated carbocycles. The lowest BCUT2D eigenvalue weighted by atomic mass is 10.3. The van der Waals surface area contributed by atoms with Crippen LogP contribution in [-0.2, 0) is 4.79 Å². The van der Waals surface area contributed by atoms with E-state index in [1.54, 1.807) is 11.4 Å². The van der Waals surface area contributed by atoms with Gasteiger partial charge in [0.15, 0.2) is 10.0 Å². The second kappa shape index (κ2) is 4.71. The minimum absolute atomic E-state index is 0.248. The highest BCUT2D eigenvalue weighted by Crippen LogP contribution is 2.23. The number of aliphatic carboxylic acids is 1. The molecule has 0 amide bonds. The molecule has 3 N–H and O–H groups in total. The third kappa shape index (κ3) is 2.42. The number of nitro groups is 1. The zero-order valence-corrected chi connectivity index (χ0v) is 8.38. The summed E-state index contributed by atoms with van der Waals surface area (Å²) in [5, 5.41) is 21.2. The predicted octanol–water partition coefficient (Wildman–Crippen LogP) is 0.158. The van der Waals surface area contributed by atoms with Crippen LogP contribution in [0.2, 0.25) is 0 Å². The van der Waals surface area contributed by atoms with Crippen molar-refractivity contribution in [3.63, 3.8) is 0 Å². The number of carboxylic acids is 1. The molecule has 7 nitrogen and oxygen atoms in total. The van der Waals surface area contributed by atoms with Crippen molar-refractivity contribution in [1.29, 1.82) is 0 Å². The van der Waals surface area contributed by atoms with Crippen molar-refractivity contribution in [3.05, 3.63) is 27.6 Å². The topological polar surface area (TPSA) is 110 Å². The van der Waals surface area contributed by atoms with E-state index in [9.17, 15) is 14.9 Å². The lowest BCUT2D eigenvalue weighted by Gasteiger charge is -2.17. The van der Waals surface area contributed by atoms with Crippen molar-refractivity contribution in [2.45, 2.75) is 6.04 Å². The first-order chi connectivity index (χ1) is 7.07. The highest BCUT2D eigenvalue weighted by molar-refractivity contribution is 7.14. The van der Waals surface area contributed by atoms with Crippen LogP contribution in [0.15, 0.2) is 17.5 Å². The Balaban J connectivity index is 3.02. The summed E-state index contributed by atoms with van der Waals surface area (Å²) in [4.78, 5) is 21.5. The number of hydrogen-bond acceptors (Lipinski definition) is 5. The fourth-order valence-corrected chi connectivity index (χ4v) is 1.81. The fourth-order valence-electron chi connectivity index (χ4n) is 1.05. The van der Waals surface area contributed by atoms with E-state index in [-0.39, 0.29) is 11.5 Å². The van der Waals surface area contributed by atoms with Crippen molar-refractivity contribution >= 4 is 22.3 Å². The van der Waals surface area contributed by atoms with Gasteiger partial charge in [-0.05, 0) is 17.5 Å². The van der Waals surface area contributed by atoms with Crippen molar-refractivity contribution < 1.29 is 14.9 Å². The maximum Gasteiger partial charge on any atom is 0.334 e. The molecule has 0 aromatic carbocycles. The largest absolute Gasteiger partial charge is 0.480 e. The number of thiophene rings is 1. The molecule has 1 heterocycles. The molecule has 0 radical (unpaired) electrons. The van der Waals surface area contributed by atoms with E-state index in [1.807, 2.05) is 0 Å². The Morgan fingerprint density at radius 2 is 2.47 bits per heavy atom. The van der Waals surface area contributed by atoms with Crippen LogP contribution in [0.25, 0.3) is 0 Å². The third-order valence-corrected chi connectivity index (χ3v) is 2.57. The summed E-state index contributed by atoms with van der Waals surface area (Å²) in [6, 6.07) is 1.73. The number of rotatable bonds is 5. The highest BCUT2D eigenvalue weighted by atomic mass is 32.1. The van der Waals surface area contributed by atoms with Gasteiger partial charge in [0, 0.05) is 6.54 Å². The number of hydrazine groups is 1. The van der Waals surface area contributed by atoms with Gasteiger partial charge in [-0.2, -0.15) is 0 Å². The van der Waals surface area contributed by atoms with Gasteiger partial charge in [-0.25, -0.2) is 14.9 Å². The zero-order chi connectivity index (χ0) is 11.4. The molecular weight excluding hydrogens is 222 g/mol. The van der Waals surface area contributed by atoms with Crippen molar-refractivity contribution in [2.24, 2.45) is 5.73 Å². The van der Waals surface area contributed by atoms with Crippen LogP contribution in [0.5, 0.6) is 0 Å². The van der Waals surface area contributed by atoms with E-state index in [2.05, 4.69) is 0 Å². The summed E-state index contributed by atoms with van der Waals surface area (Å²) in [6.07, 6.45) is 0. The molecule has 0 aliphatic rings. The van der Waals surface area contributed by atoms with Gasteiger partial charge in [0.2, 0.25) is 6.04 Å². The van der Waals surface area contributed by atoms with E-state index in [1.165, 1.54) is 6.07 Å². The molecule has 1 aromatic rings. The van der Waals surface area contributed by atoms with E-state index < -0.39 is 17.0 Å². The smallest absolute Gasteiger partial charge is 0.334 e. The minimum atomic E-state index is -1.35. The Kier molecular flexibility index (Phi) is 3.58. The monoisotopic (exact) mass is 231 g/mol. The second-order valence-corrected chi connectivity index (χ2v) is 3.55. The predicted molar refractivity (Wildman–Crippen MR) is 54.3 cm³/mol. The standard InChI is InChI=1S/C7H9N3O4S/c8-4-5(7(11)12)9(10(13)14)6-2-1-3-15-6/h1-3,5H,4,8H2,(H,11,12)/t5-/m0/s1. The Morgan fingerprint density at radius 1 is 1.80 bits per heavy atom. The van der Waals surface area contributed by atoms with Crippen molar-refractivity contribution in [1.82, 2.24) is 0 Å². The van der Waals surface area contributed by atoms with Crippen LogP contribution in [0.3, 0.4) is 0 Å². The molecule has 0 spiro atoms. The van der Waals surface area contributed by atoms with Crippen LogP contribution >= 0.6 is 11.3 Å². The molecule has 1 atom stereocenters. The molecule has 0 aliphatic carbocycles. The van der Waals surface area contributed by atoms with Crippen LogP contribution in [0.4, 0.5) is 5.00 Å². The average Bonchev–Trinajstić information content (AvgIpc) is 2.64. The molecule has 82 valence electrons. The molecule has 15 heavy (non-hydrogen) atoms. The van der Waals surface area contributed by atoms with Crippen LogP contribution in [-0.4, -0.2) is 28.7 Å². The van der Waals surface area contributed by atoms with Crippen LogP contribution in [0.1, 0.15) is 0 Å². The van der Waals surface area contributed by atoms with E-state index >= 15 is 0 Å². The van der Waals surface area contributed by atoms with Crippen LogP contribution in [0, 0.1) is 10.1 Å². The second-order valence-electron chi connectivity index (χ2n) is 2.62. The molecule has 0 fully saturated rings. The minimum Gasteiger partial charge on any atom is -0.480 e. The number of hydrogen-bond donors (Lipinski definition) is 2. The summed E-state index contributed by atoms with van der Waals surface area (Å²) < 4.78 is 0. The molecule has 0 unspecified atom stereocenters. The van der Waals surface area contributed by atoms with Gasteiger partial charge in [0.1, 0.15) is 0 Å². The maximum atomic E-state index is 10.8. The van der Waals surface area contributed by atoms with Gasteiger partial charge in [-0.15, -0.1) is 11.3 Å². The van der Waals surface area contributed by atoms with Gasteiger partial charge in [0.25, 0.3) is 0 Å². The summed E-state index contributed by atoms with van der Waals surface area (Å²) in [6.45, 7) is -0.325. The Labute approximate surface area is 88.8 Å². The molecule has 0 aliphatic heterocycles. The lowest BCUT2D eigenvalue weighted by Crippen LogP contribution is -2.49. The number of nitrogens with two attached hydrogens (primary N) is 1. The van der Waals surface area contributed by atoms with Crippen molar-refractivity contribution in [2.75, 3.05) is 11.6 Å². The SMILES string of the molecule is NC[C@@H](C(=O)O)N(c1cccs1)[N+](=O)[O-]. The third-order valence-electron chi connectivity index (χ3n) is 1.71. The Bertz CT molecular complexity index is 353.